The number of hydrogen-bond donors (Lipinski definition) is 2. The molecule has 0 saturated carbocycles. The summed E-state index contributed by atoms with van der Waals surface area (Å²) in [5, 5.41) is 12.4. The Hall–Kier alpha value is -0.610. The van der Waals surface area contributed by atoms with Gasteiger partial charge in [-0.25, -0.2) is 0 Å². The molecule has 2 N–H and O–H groups in total. The molecule has 0 heterocycles. The number of carboxylic acid groups (broad SMARTS) is 1. The van der Waals surface area contributed by atoms with E-state index in [2.05, 4.69) is 19.2 Å². The lowest BCUT2D eigenvalue weighted by Gasteiger charge is -2.27. The number of hydrogen-bond acceptors (Lipinski definition) is 3. The Balaban J connectivity index is 3.99. The minimum absolute atomic E-state index is 0.527. The molecule has 0 radical (unpaired) electrons. The third-order valence-corrected chi connectivity index (χ3v) is 2.88. The molecule has 17 heavy (non-hydrogen) atoms. The highest BCUT2D eigenvalue weighted by molar-refractivity contribution is 5.78. The maximum atomic E-state index is 11.3. The van der Waals surface area contributed by atoms with E-state index in [0.29, 0.717) is 32.1 Å². The van der Waals surface area contributed by atoms with Gasteiger partial charge in [-0.2, -0.15) is 0 Å². The Kier molecular flexibility index (Phi) is 8.17. The van der Waals surface area contributed by atoms with E-state index in [4.69, 9.17) is 4.74 Å². The van der Waals surface area contributed by atoms with Crippen LogP contribution in [0.4, 0.5) is 0 Å². The Labute approximate surface area is 105 Å². The van der Waals surface area contributed by atoms with Crippen molar-refractivity contribution in [3.8, 4) is 0 Å². The average Bonchev–Trinajstić information content (AvgIpc) is 2.26. The normalized spacial score (nSPS) is 14.9. The number of aliphatic carboxylic acids is 1. The summed E-state index contributed by atoms with van der Waals surface area (Å²) in [5.74, 6) is -0.242. The molecular formula is C13H27NO3. The summed E-state index contributed by atoms with van der Waals surface area (Å²) in [6.45, 7) is 10.0. The van der Waals surface area contributed by atoms with Gasteiger partial charge in [0.15, 0.2) is 0 Å². The molecule has 0 aromatic heterocycles. The largest absolute Gasteiger partial charge is 0.480 e. The van der Waals surface area contributed by atoms with Crippen molar-refractivity contribution in [1.82, 2.24) is 5.32 Å². The molecule has 0 aliphatic carbocycles. The Morgan fingerprint density at radius 3 is 2.59 bits per heavy atom. The molecule has 4 heteroatoms. The number of ether oxygens (including phenoxy) is 1. The van der Waals surface area contributed by atoms with E-state index in [9.17, 15) is 9.90 Å². The maximum Gasteiger partial charge on any atom is 0.323 e. The van der Waals surface area contributed by atoms with Crippen LogP contribution in [-0.4, -0.2) is 36.4 Å². The minimum atomic E-state index is -0.809. The molecular weight excluding hydrogens is 218 g/mol. The summed E-state index contributed by atoms with van der Waals surface area (Å²) in [5.41, 5.74) is -0.809. The SMILES string of the molecule is CCOCCCNC(C)(CCC(C)C)C(=O)O. The van der Waals surface area contributed by atoms with E-state index in [1.165, 1.54) is 0 Å². The molecule has 0 aromatic carbocycles. The van der Waals surface area contributed by atoms with E-state index in [1.54, 1.807) is 6.92 Å². The van der Waals surface area contributed by atoms with Crippen LogP contribution in [0.1, 0.15) is 47.0 Å². The van der Waals surface area contributed by atoms with Crippen molar-refractivity contribution >= 4 is 5.97 Å². The van der Waals surface area contributed by atoms with Gasteiger partial charge in [-0.3, -0.25) is 4.79 Å². The fourth-order valence-electron chi connectivity index (χ4n) is 1.53. The van der Waals surface area contributed by atoms with Gasteiger partial charge in [0.25, 0.3) is 0 Å². The topological polar surface area (TPSA) is 58.6 Å². The molecule has 0 amide bonds. The van der Waals surface area contributed by atoms with Gasteiger partial charge in [0.05, 0.1) is 0 Å². The van der Waals surface area contributed by atoms with Crippen LogP contribution in [0.3, 0.4) is 0 Å². The monoisotopic (exact) mass is 245 g/mol. The van der Waals surface area contributed by atoms with Gasteiger partial charge in [-0.05, 0) is 45.6 Å². The third-order valence-electron chi connectivity index (χ3n) is 2.88. The van der Waals surface area contributed by atoms with Crippen LogP contribution < -0.4 is 5.32 Å². The second-order valence-electron chi connectivity index (χ2n) is 5.05. The molecule has 0 fully saturated rings. The highest BCUT2D eigenvalue weighted by Crippen LogP contribution is 2.16. The zero-order chi connectivity index (χ0) is 13.3. The quantitative estimate of drug-likeness (QED) is 0.580. The molecule has 0 bridgehead atoms. The predicted octanol–water partition coefficient (Wildman–Crippen LogP) is 2.28. The summed E-state index contributed by atoms with van der Waals surface area (Å²) in [4.78, 5) is 11.3. The van der Waals surface area contributed by atoms with Gasteiger partial charge in [-0.1, -0.05) is 13.8 Å². The fraction of sp³-hybridized carbons (Fsp3) is 0.923. The van der Waals surface area contributed by atoms with Crippen LogP contribution in [0.15, 0.2) is 0 Å². The maximum absolute atomic E-state index is 11.3. The molecule has 4 nitrogen and oxygen atoms in total. The average molecular weight is 245 g/mol. The van der Waals surface area contributed by atoms with Crippen LogP contribution in [0.25, 0.3) is 0 Å². The molecule has 0 aromatic rings. The van der Waals surface area contributed by atoms with Crippen LogP contribution in [0.5, 0.6) is 0 Å². The lowest BCUT2D eigenvalue weighted by Crippen LogP contribution is -2.50. The van der Waals surface area contributed by atoms with Crippen molar-refractivity contribution in [1.29, 1.82) is 0 Å². The fourth-order valence-corrected chi connectivity index (χ4v) is 1.53. The minimum Gasteiger partial charge on any atom is -0.480 e. The van der Waals surface area contributed by atoms with Gasteiger partial charge >= 0.3 is 5.97 Å². The molecule has 0 rings (SSSR count). The smallest absolute Gasteiger partial charge is 0.323 e. The lowest BCUT2D eigenvalue weighted by atomic mass is 9.92. The summed E-state index contributed by atoms with van der Waals surface area (Å²) >= 11 is 0. The predicted molar refractivity (Wildman–Crippen MR) is 69.2 cm³/mol. The van der Waals surface area contributed by atoms with Gasteiger partial charge < -0.3 is 15.2 Å². The molecule has 0 spiro atoms. The van der Waals surface area contributed by atoms with Gasteiger partial charge in [0.1, 0.15) is 5.54 Å². The van der Waals surface area contributed by atoms with Crippen molar-refractivity contribution in [2.45, 2.75) is 52.5 Å². The van der Waals surface area contributed by atoms with Crippen molar-refractivity contribution in [3.63, 3.8) is 0 Å². The first-order chi connectivity index (χ1) is 7.92. The van der Waals surface area contributed by atoms with E-state index >= 15 is 0 Å². The van der Waals surface area contributed by atoms with E-state index < -0.39 is 11.5 Å². The number of carbonyl (C=O) groups is 1. The highest BCUT2D eigenvalue weighted by Gasteiger charge is 2.31. The van der Waals surface area contributed by atoms with E-state index in [1.807, 2.05) is 6.92 Å². The van der Waals surface area contributed by atoms with E-state index in [-0.39, 0.29) is 0 Å². The summed E-state index contributed by atoms with van der Waals surface area (Å²) in [6, 6.07) is 0. The Bertz CT molecular complexity index is 219. The number of rotatable bonds is 10. The second kappa shape index (κ2) is 8.48. The van der Waals surface area contributed by atoms with Crippen molar-refractivity contribution in [3.05, 3.63) is 0 Å². The third kappa shape index (κ3) is 7.34. The molecule has 0 aliphatic rings. The summed E-state index contributed by atoms with van der Waals surface area (Å²) in [7, 11) is 0. The lowest BCUT2D eigenvalue weighted by molar-refractivity contribution is -0.144. The highest BCUT2D eigenvalue weighted by atomic mass is 16.5. The standard InChI is InChI=1S/C13H27NO3/c1-5-17-10-6-9-14-13(4,12(15)16)8-7-11(2)3/h11,14H,5-10H2,1-4H3,(H,15,16). The van der Waals surface area contributed by atoms with Crippen molar-refractivity contribution in [2.75, 3.05) is 19.8 Å². The van der Waals surface area contributed by atoms with Gasteiger partial charge in [0, 0.05) is 13.2 Å². The van der Waals surface area contributed by atoms with Crippen LogP contribution in [0, 0.1) is 5.92 Å². The first-order valence-electron chi connectivity index (χ1n) is 6.48. The van der Waals surface area contributed by atoms with Crippen LogP contribution >= 0.6 is 0 Å². The van der Waals surface area contributed by atoms with Crippen molar-refractivity contribution < 1.29 is 14.6 Å². The first kappa shape index (κ1) is 16.4. The second-order valence-corrected chi connectivity index (χ2v) is 5.05. The molecule has 0 saturated heterocycles. The van der Waals surface area contributed by atoms with Gasteiger partial charge in [-0.15, -0.1) is 0 Å². The molecule has 1 atom stereocenters. The van der Waals surface area contributed by atoms with Crippen molar-refractivity contribution in [2.24, 2.45) is 5.92 Å². The Morgan fingerprint density at radius 1 is 1.47 bits per heavy atom. The first-order valence-corrected chi connectivity index (χ1v) is 6.48. The number of nitrogens with one attached hydrogen (secondary N) is 1. The summed E-state index contributed by atoms with van der Waals surface area (Å²) in [6.07, 6.45) is 2.42. The zero-order valence-electron chi connectivity index (χ0n) is 11.6. The molecule has 0 aliphatic heterocycles. The van der Waals surface area contributed by atoms with Gasteiger partial charge in [0.2, 0.25) is 0 Å². The van der Waals surface area contributed by atoms with Crippen LogP contribution in [0.2, 0.25) is 0 Å². The molecule has 102 valence electrons. The Morgan fingerprint density at radius 2 is 2.12 bits per heavy atom. The van der Waals surface area contributed by atoms with Crippen LogP contribution in [-0.2, 0) is 9.53 Å². The number of carboxylic acids is 1. The zero-order valence-corrected chi connectivity index (χ0v) is 11.6. The van der Waals surface area contributed by atoms with E-state index in [0.717, 1.165) is 12.8 Å². The summed E-state index contributed by atoms with van der Waals surface area (Å²) < 4.78 is 5.22. The molecule has 1 unspecified atom stereocenters.